The van der Waals surface area contributed by atoms with Gasteiger partial charge in [-0.25, -0.2) is 0 Å². The zero-order chi connectivity index (χ0) is 9.68. The normalized spacial score (nSPS) is 23.3. The van der Waals surface area contributed by atoms with Gasteiger partial charge in [0.2, 0.25) is 0 Å². The van der Waals surface area contributed by atoms with Gasteiger partial charge in [0.1, 0.15) is 0 Å². The van der Waals surface area contributed by atoms with Crippen LogP contribution in [0.15, 0.2) is 0 Å². The highest BCUT2D eigenvalue weighted by Gasteiger charge is 2.19. The molecule has 0 aromatic heterocycles. The lowest BCUT2D eigenvalue weighted by atomic mass is 9.99. The van der Waals surface area contributed by atoms with Gasteiger partial charge < -0.3 is 9.64 Å². The van der Waals surface area contributed by atoms with Crippen molar-refractivity contribution in [1.29, 1.82) is 0 Å². The van der Waals surface area contributed by atoms with E-state index in [1.165, 1.54) is 25.9 Å². The van der Waals surface area contributed by atoms with Gasteiger partial charge in [0.25, 0.3) is 0 Å². The summed E-state index contributed by atoms with van der Waals surface area (Å²) in [6.07, 6.45) is 2.85. The minimum Gasteiger partial charge on any atom is -0.380 e. The smallest absolute Gasteiger partial charge is 0.0670 e. The third-order valence-electron chi connectivity index (χ3n) is 2.84. The average Bonchev–Trinajstić information content (AvgIpc) is 2.19. The molecule has 13 heavy (non-hydrogen) atoms. The van der Waals surface area contributed by atoms with E-state index in [-0.39, 0.29) is 0 Å². The summed E-state index contributed by atoms with van der Waals surface area (Å²) in [5.74, 6) is 1.57. The lowest BCUT2D eigenvalue weighted by Gasteiger charge is -2.32. The van der Waals surface area contributed by atoms with Crippen molar-refractivity contribution < 1.29 is 4.74 Å². The third kappa shape index (κ3) is 3.84. The number of methoxy groups -OCH3 is 1. The highest BCUT2D eigenvalue weighted by Crippen LogP contribution is 2.18. The molecule has 3 heteroatoms. The SMILES string of the molecule is COC(C)CN1CCC(CCl)CC1. The summed E-state index contributed by atoms with van der Waals surface area (Å²) in [6.45, 7) is 5.55. The Labute approximate surface area is 86.2 Å². The van der Waals surface area contributed by atoms with Crippen LogP contribution >= 0.6 is 11.6 Å². The summed E-state index contributed by atoms with van der Waals surface area (Å²) in [5.41, 5.74) is 0. The summed E-state index contributed by atoms with van der Waals surface area (Å²) in [5, 5.41) is 0. The van der Waals surface area contributed by atoms with E-state index in [0.717, 1.165) is 18.3 Å². The van der Waals surface area contributed by atoms with Crippen LogP contribution in [0.25, 0.3) is 0 Å². The van der Waals surface area contributed by atoms with Crippen molar-refractivity contribution in [1.82, 2.24) is 4.90 Å². The predicted molar refractivity (Wildman–Crippen MR) is 56.4 cm³/mol. The molecule has 1 atom stereocenters. The van der Waals surface area contributed by atoms with Crippen LogP contribution in [0.4, 0.5) is 0 Å². The number of likely N-dealkylation sites (tertiary alicyclic amines) is 1. The van der Waals surface area contributed by atoms with Crippen molar-refractivity contribution in [2.24, 2.45) is 5.92 Å². The van der Waals surface area contributed by atoms with Crippen molar-refractivity contribution in [3.05, 3.63) is 0 Å². The minimum atomic E-state index is 0.354. The highest BCUT2D eigenvalue weighted by atomic mass is 35.5. The van der Waals surface area contributed by atoms with E-state index in [4.69, 9.17) is 16.3 Å². The van der Waals surface area contributed by atoms with Gasteiger partial charge in [0, 0.05) is 19.5 Å². The number of ether oxygens (including phenoxy) is 1. The van der Waals surface area contributed by atoms with Gasteiger partial charge in [-0.1, -0.05) is 0 Å². The molecule has 0 aromatic carbocycles. The molecule has 0 aromatic rings. The van der Waals surface area contributed by atoms with E-state index >= 15 is 0 Å². The van der Waals surface area contributed by atoms with Crippen molar-refractivity contribution in [2.75, 3.05) is 32.6 Å². The minimum absolute atomic E-state index is 0.354. The van der Waals surface area contributed by atoms with E-state index in [9.17, 15) is 0 Å². The number of piperidine rings is 1. The first-order chi connectivity index (χ1) is 6.26. The maximum atomic E-state index is 5.82. The van der Waals surface area contributed by atoms with E-state index in [1.807, 2.05) is 0 Å². The maximum Gasteiger partial charge on any atom is 0.0670 e. The van der Waals surface area contributed by atoms with Gasteiger partial charge in [-0.2, -0.15) is 0 Å². The first-order valence-corrected chi connectivity index (χ1v) is 5.60. The molecule has 0 saturated carbocycles. The molecule has 0 amide bonds. The lowest BCUT2D eigenvalue weighted by Crippen LogP contribution is -2.38. The number of hydrogen-bond acceptors (Lipinski definition) is 2. The Morgan fingerprint density at radius 2 is 2.08 bits per heavy atom. The van der Waals surface area contributed by atoms with Crippen molar-refractivity contribution in [3.8, 4) is 0 Å². The molecule has 0 N–H and O–H groups in total. The highest BCUT2D eigenvalue weighted by molar-refractivity contribution is 6.18. The Morgan fingerprint density at radius 3 is 2.54 bits per heavy atom. The van der Waals surface area contributed by atoms with Gasteiger partial charge >= 0.3 is 0 Å². The molecule has 1 aliphatic rings. The van der Waals surface area contributed by atoms with Crippen LogP contribution in [0.1, 0.15) is 19.8 Å². The van der Waals surface area contributed by atoms with Crippen molar-refractivity contribution >= 4 is 11.6 Å². The second-order valence-electron chi connectivity index (χ2n) is 3.94. The number of halogens is 1. The van der Waals surface area contributed by atoms with Crippen LogP contribution in [-0.2, 0) is 4.74 Å². The second kappa shape index (κ2) is 5.84. The zero-order valence-corrected chi connectivity index (χ0v) is 9.39. The molecule has 1 unspecified atom stereocenters. The maximum absolute atomic E-state index is 5.82. The predicted octanol–water partition coefficient (Wildman–Crippen LogP) is 1.97. The van der Waals surface area contributed by atoms with Crippen LogP contribution in [0.3, 0.4) is 0 Å². The Bertz CT molecular complexity index is 135. The van der Waals surface area contributed by atoms with Crippen LogP contribution in [0.2, 0.25) is 0 Å². The summed E-state index contributed by atoms with van der Waals surface area (Å²) < 4.78 is 5.24. The zero-order valence-electron chi connectivity index (χ0n) is 8.63. The molecule has 1 heterocycles. The second-order valence-corrected chi connectivity index (χ2v) is 4.25. The van der Waals surface area contributed by atoms with E-state index < -0.39 is 0 Å². The molecular formula is C10H20ClNO. The standard InChI is InChI=1S/C10H20ClNO/c1-9(13-2)8-12-5-3-10(7-11)4-6-12/h9-10H,3-8H2,1-2H3. The average molecular weight is 206 g/mol. The van der Waals surface area contributed by atoms with Crippen LogP contribution in [0.5, 0.6) is 0 Å². The molecule has 78 valence electrons. The number of alkyl halides is 1. The van der Waals surface area contributed by atoms with Gasteiger partial charge in [0.05, 0.1) is 6.10 Å². The van der Waals surface area contributed by atoms with Crippen molar-refractivity contribution in [2.45, 2.75) is 25.9 Å². The number of nitrogens with zero attached hydrogens (tertiary/aromatic N) is 1. The first-order valence-electron chi connectivity index (χ1n) is 5.07. The molecule has 1 aliphatic heterocycles. The van der Waals surface area contributed by atoms with Crippen LogP contribution in [-0.4, -0.2) is 43.6 Å². The largest absolute Gasteiger partial charge is 0.380 e. The quantitative estimate of drug-likeness (QED) is 0.651. The molecular weight excluding hydrogens is 186 g/mol. The molecule has 0 aliphatic carbocycles. The first kappa shape index (κ1) is 11.3. The van der Waals surface area contributed by atoms with E-state index in [1.54, 1.807) is 7.11 Å². The topological polar surface area (TPSA) is 12.5 Å². The Hall–Kier alpha value is 0.210. The summed E-state index contributed by atoms with van der Waals surface area (Å²) in [4.78, 5) is 2.47. The summed E-state index contributed by atoms with van der Waals surface area (Å²) in [7, 11) is 1.77. The molecule has 0 bridgehead atoms. The number of rotatable bonds is 4. The fourth-order valence-corrected chi connectivity index (χ4v) is 2.07. The summed E-state index contributed by atoms with van der Waals surface area (Å²) >= 11 is 5.82. The fraction of sp³-hybridized carbons (Fsp3) is 1.00. The van der Waals surface area contributed by atoms with Gasteiger partial charge in [0.15, 0.2) is 0 Å². The fourth-order valence-electron chi connectivity index (χ4n) is 1.76. The van der Waals surface area contributed by atoms with Crippen LogP contribution < -0.4 is 0 Å². The van der Waals surface area contributed by atoms with Gasteiger partial charge in [-0.05, 0) is 38.8 Å². The van der Waals surface area contributed by atoms with Crippen molar-refractivity contribution in [3.63, 3.8) is 0 Å². The van der Waals surface area contributed by atoms with Gasteiger partial charge in [-0.15, -0.1) is 11.6 Å². The third-order valence-corrected chi connectivity index (χ3v) is 3.28. The molecule has 1 saturated heterocycles. The molecule has 1 rings (SSSR count). The molecule has 0 radical (unpaired) electrons. The van der Waals surface area contributed by atoms with E-state index in [2.05, 4.69) is 11.8 Å². The van der Waals surface area contributed by atoms with Crippen LogP contribution in [0, 0.1) is 5.92 Å². The van der Waals surface area contributed by atoms with E-state index in [0.29, 0.717) is 6.10 Å². The Balaban J connectivity index is 2.17. The number of hydrogen-bond donors (Lipinski definition) is 0. The Kier molecular flexibility index (Phi) is 5.07. The van der Waals surface area contributed by atoms with Gasteiger partial charge in [-0.3, -0.25) is 0 Å². The Morgan fingerprint density at radius 1 is 1.46 bits per heavy atom. The summed E-state index contributed by atoms with van der Waals surface area (Å²) in [6, 6.07) is 0. The lowest BCUT2D eigenvalue weighted by molar-refractivity contribution is 0.0643. The molecule has 2 nitrogen and oxygen atoms in total. The monoisotopic (exact) mass is 205 g/mol. The molecule has 0 spiro atoms. The molecule has 1 fully saturated rings.